The van der Waals surface area contributed by atoms with Gasteiger partial charge in [0.2, 0.25) is 0 Å². The average Bonchev–Trinajstić information content (AvgIpc) is 3.46. The van der Waals surface area contributed by atoms with Crippen molar-refractivity contribution >= 4 is 23.3 Å². The number of nitrogens with zero attached hydrogens (tertiary/aromatic N) is 2. The Morgan fingerprint density at radius 1 is 1.02 bits per heavy atom. The minimum atomic E-state index is -1.06. The number of aliphatic carboxylic acids is 1. The normalized spacial score (nSPS) is 23.6. The predicted molar refractivity (Wildman–Crippen MR) is 222 cm³/mol. The Kier molecular flexibility index (Phi) is 12.4. The molecular formula is C47H58ClN3O4. The molecule has 0 saturated heterocycles. The van der Waals surface area contributed by atoms with Gasteiger partial charge in [0, 0.05) is 34.7 Å². The summed E-state index contributed by atoms with van der Waals surface area (Å²) in [6.07, 6.45) is 11.9. The Morgan fingerprint density at radius 2 is 1.84 bits per heavy atom. The molecule has 4 aromatic rings. The van der Waals surface area contributed by atoms with Gasteiger partial charge in [-0.3, -0.25) is 4.98 Å². The molecule has 2 N–H and O–H groups in total. The maximum atomic E-state index is 13.0. The van der Waals surface area contributed by atoms with E-state index in [0.717, 1.165) is 75.2 Å². The van der Waals surface area contributed by atoms with E-state index in [0.29, 0.717) is 48.8 Å². The molecule has 3 atom stereocenters. The largest absolute Gasteiger partial charge is 0.494 e. The molecule has 1 saturated carbocycles. The van der Waals surface area contributed by atoms with Gasteiger partial charge in [0.15, 0.2) is 0 Å². The molecule has 1 spiro atoms. The fraction of sp³-hybridized carbons (Fsp3) is 0.489. The van der Waals surface area contributed by atoms with Crippen LogP contribution in [-0.2, 0) is 29.6 Å². The van der Waals surface area contributed by atoms with Crippen molar-refractivity contribution in [2.45, 2.75) is 108 Å². The first-order valence-corrected chi connectivity index (χ1v) is 20.9. The lowest BCUT2D eigenvalue weighted by Crippen LogP contribution is -2.53. The third-order valence-electron chi connectivity index (χ3n) is 12.8. The van der Waals surface area contributed by atoms with Crippen molar-refractivity contribution in [3.63, 3.8) is 0 Å². The second kappa shape index (κ2) is 17.4. The molecule has 7 rings (SSSR count). The van der Waals surface area contributed by atoms with E-state index >= 15 is 0 Å². The van der Waals surface area contributed by atoms with Gasteiger partial charge in [0.05, 0.1) is 13.2 Å². The molecule has 1 aromatic heterocycles. The van der Waals surface area contributed by atoms with E-state index in [1.807, 2.05) is 36.5 Å². The maximum Gasteiger partial charge on any atom is 0.329 e. The van der Waals surface area contributed by atoms with Crippen LogP contribution in [0.2, 0.25) is 5.02 Å². The number of ether oxygens (including phenoxy) is 2. The molecule has 0 unspecified atom stereocenters. The number of rotatable bonds is 16. The van der Waals surface area contributed by atoms with Crippen molar-refractivity contribution in [2.75, 3.05) is 32.1 Å². The van der Waals surface area contributed by atoms with Crippen LogP contribution in [0.25, 0.3) is 0 Å². The highest BCUT2D eigenvalue weighted by Gasteiger charge is 2.54. The fourth-order valence-electron chi connectivity index (χ4n) is 9.81. The van der Waals surface area contributed by atoms with Crippen LogP contribution in [0.3, 0.4) is 0 Å². The zero-order valence-electron chi connectivity index (χ0n) is 32.9. The highest BCUT2D eigenvalue weighted by atomic mass is 35.5. The number of aryl methyl sites for hydroxylation is 1. The summed E-state index contributed by atoms with van der Waals surface area (Å²) in [4.78, 5) is 20.1. The van der Waals surface area contributed by atoms with Gasteiger partial charge in [-0.15, -0.1) is 0 Å². The summed E-state index contributed by atoms with van der Waals surface area (Å²) in [7, 11) is 2.18. The molecule has 292 valence electrons. The number of anilines is 1. The minimum absolute atomic E-state index is 0.136. The molecular weight excluding hydrogens is 706 g/mol. The number of carboxylic acid groups (broad SMARTS) is 1. The first kappa shape index (κ1) is 39.2. The topological polar surface area (TPSA) is 83.9 Å². The van der Waals surface area contributed by atoms with Crippen molar-refractivity contribution in [3.05, 3.63) is 118 Å². The Morgan fingerprint density at radius 3 is 2.62 bits per heavy atom. The van der Waals surface area contributed by atoms with E-state index in [4.69, 9.17) is 21.1 Å². The SMILES string of the molecule is C[C@@H](COc1ccnc2c1[C@H](C)CCC2)C[C@H]1Cc2ccc(OCCCCN(C)Cc3ccccc3)cc2C12CCC(Nc1cccc(Cl)c1)(C(=O)O)CC2. The Labute approximate surface area is 332 Å². The van der Waals surface area contributed by atoms with Crippen molar-refractivity contribution in [1.29, 1.82) is 0 Å². The van der Waals surface area contributed by atoms with Crippen molar-refractivity contribution in [2.24, 2.45) is 11.8 Å². The van der Waals surface area contributed by atoms with Crippen molar-refractivity contribution < 1.29 is 19.4 Å². The standard InChI is InChI=1S/C47H58ClN3O4/c1-33(32-55-43-19-24-49-42-16-9-11-34(2)44(42)43)27-37-28-36-17-18-40(54-26-8-7-25-51(3)31-35-12-5-4-6-13-35)30-41(36)46(37)20-22-47(23-21-46,45(52)53)50-39-15-10-14-38(48)29-39/h4-6,10,12-15,17-19,24,29-30,33-34,37,50H,7-9,11,16,20-23,25-28,31-32H2,1-3H3,(H,52,53)/t33-,34-,37+,46?,47?/m1/s1. The highest BCUT2D eigenvalue weighted by Crippen LogP contribution is 2.57. The molecule has 3 aromatic carbocycles. The molecule has 3 aliphatic rings. The minimum Gasteiger partial charge on any atom is -0.494 e. The second-order valence-corrected chi connectivity index (χ2v) is 17.2. The lowest BCUT2D eigenvalue weighted by Gasteiger charge is -2.47. The number of hydrogen-bond donors (Lipinski definition) is 2. The van der Waals surface area contributed by atoms with Crippen molar-refractivity contribution in [1.82, 2.24) is 9.88 Å². The number of halogens is 1. The molecule has 0 aliphatic heterocycles. The monoisotopic (exact) mass is 763 g/mol. The summed E-state index contributed by atoms with van der Waals surface area (Å²) in [5, 5.41) is 14.7. The number of unbranched alkanes of at least 4 members (excludes halogenated alkanes) is 1. The summed E-state index contributed by atoms with van der Waals surface area (Å²) in [5.74, 6) is 2.26. The van der Waals surface area contributed by atoms with Crippen LogP contribution in [-0.4, -0.2) is 53.3 Å². The molecule has 55 heavy (non-hydrogen) atoms. The first-order chi connectivity index (χ1) is 26.6. The van der Waals surface area contributed by atoms with E-state index in [-0.39, 0.29) is 5.41 Å². The number of fused-ring (bicyclic) bond motifs is 3. The quantitative estimate of drug-likeness (QED) is 0.110. The summed E-state index contributed by atoms with van der Waals surface area (Å²) in [5.41, 5.74) is 6.09. The molecule has 0 bridgehead atoms. The number of aromatic nitrogens is 1. The number of carbonyl (C=O) groups is 1. The molecule has 1 fully saturated rings. The van der Waals surface area contributed by atoms with Gasteiger partial charge in [-0.05, 0) is 160 Å². The van der Waals surface area contributed by atoms with E-state index in [2.05, 4.69) is 84.6 Å². The number of nitrogens with one attached hydrogen (secondary N) is 1. The zero-order valence-corrected chi connectivity index (χ0v) is 33.6. The third kappa shape index (κ3) is 8.99. The van der Waals surface area contributed by atoms with Gasteiger partial charge in [-0.2, -0.15) is 0 Å². The van der Waals surface area contributed by atoms with Crippen molar-refractivity contribution in [3.8, 4) is 11.5 Å². The molecule has 1 heterocycles. The van der Waals surface area contributed by atoms with Gasteiger partial charge < -0.3 is 24.8 Å². The summed E-state index contributed by atoms with van der Waals surface area (Å²) in [6.45, 7) is 7.89. The number of hydrogen-bond acceptors (Lipinski definition) is 6. The van der Waals surface area contributed by atoms with Crippen LogP contribution in [0.15, 0.2) is 85.1 Å². The second-order valence-electron chi connectivity index (χ2n) is 16.8. The van der Waals surface area contributed by atoms with E-state index in [1.54, 1.807) is 0 Å². The lowest BCUT2D eigenvalue weighted by molar-refractivity contribution is -0.144. The maximum absolute atomic E-state index is 13.0. The van der Waals surface area contributed by atoms with Crippen LogP contribution >= 0.6 is 11.6 Å². The van der Waals surface area contributed by atoms with Crippen LogP contribution in [0.5, 0.6) is 11.5 Å². The van der Waals surface area contributed by atoms with Gasteiger partial charge in [0.25, 0.3) is 0 Å². The molecule has 8 heteroatoms. The van der Waals surface area contributed by atoms with Gasteiger partial charge >= 0.3 is 5.97 Å². The van der Waals surface area contributed by atoms with E-state index < -0.39 is 11.5 Å². The Bertz CT molecular complexity index is 1910. The molecule has 0 radical (unpaired) electrons. The summed E-state index contributed by atoms with van der Waals surface area (Å²) >= 11 is 6.31. The van der Waals surface area contributed by atoms with Gasteiger partial charge in [-0.25, -0.2) is 4.79 Å². The van der Waals surface area contributed by atoms with E-state index in [9.17, 15) is 9.90 Å². The highest BCUT2D eigenvalue weighted by molar-refractivity contribution is 6.30. The number of pyridine rings is 1. The summed E-state index contributed by atoms with van der Waals surface area (Å²) in [6, 6.07) is 26.8. The van der Waals surface area contributed by atoms with Crippen LogP contribution in [0.4, 0.5) is 5.69 Å². The third-order valence-corrected chi connectivity index (χ3v) is 13.0. The van der Waals surface area contributed by atoms with Gasteiger partial charge in [0.1, 0.15) is 17.0 Å². The molecule has 7 nitrogen and oxygen atoms in total. The Hall–Kier alpha value is -4.07. The average molecular weight is 764 g/mol. The van der Waals surface area contributed by atoms with Crippen LogP contribution < -0.4 is 14.8 Å². The Balaban J connectivity index is 1.05. The van der Waals surface area contributed by atoms with E-state index in [1.165, 1.54) is 40.8 Å². The number of carboxylic acids is 1. The molecule has 3 aliphatic carbocycles. The zero-order chi connectivity index (χ0) is 38.4. The predicted octanol–water partition coefficient (Wildman–Crippen LogP) is 10.5. The smallest absolute Gasteiger partial charge is 0.329 e. The fourth-order valence-corrected chi connectivity index (χ4v) is 10.0. The number of benzene rings is 3. The first-order valence-electron chi connectivity index (χ1n) is 20.5. The van der Waals surface area contributed by atoms with Gasteiger partial charge in [-0.1, -0.05) is 67.9 Å². The van der Waals surface area contributed by atoms with Crippen LogP contribution in [0.1, 0.15) is 106 Å². The van der Waals surface area contributed by atoms with Crippen LogP contribution in [0, 0.1) is 11.8 Å². The summed E-state index contributed by atoms with van der Waals surface area (Å²) < 4.78 is 13.0. The lowest BCUT2D eigenvalue weighted by atomic mass is 9.59. The molecule has 0 amide bonds.